The summed E-state index contributed by atoms with van der Waals surface area (Å²) in [7, 11) is 1.79. The van der Waals surface area contributed by atoms with Crippen LogP contribution in [0.1, 0.15) is 51.0 Å². The Morgan fingerprint density at radius 3 is 2.65 bits per heavy atom. The van der Waals surface area contributed by atoms with E-state index in [0.717, 1.165) is 69.6 Å². The van der Waals surface area contributed by atoms with Crippen molar-refractivity contribution < 1.29 is 9.26 Å². The van der Waals surface area contributed by atoms with Crippen molar-refractivity contribution in [3.63, 3.8) is 0 Å². The smallest absolute Gasteiger partial charge is 0.191 e. The highest BCUT2D eigenvalue weighted by Gasteiger charge is 2.15. The first-order valence-electron chi connectivity index (χ1n) is 9.86. The number of nitrogens with zero attached hydrogens (tertiary/aromatic N) is 3. The number of nitrogens with one attached hydrogen (secondary N) is 2. The van der Waals surface area contributed by atoms with E-state index in [4.69, 9.17) is 9.26 Å². The van der Waals surface area contributed by atoms with E-state index in [0.29, 0.717) is 18.4 Å². The van der Waals surface area contributed by atoms with E-state index in [9.17, 15) is 0 Å². The molecule has 148 valence electrons. The van der Waals surface area contributed by atoms with Crippen molar-refractivity contribution in [1.29, 1.82) is 0 Å². The summed E-state index contributed by atoms with van der Waals surface area (Å²) in [6.07, 6.45) is 2.17. The number of hydrogen-bond acceptors (Lipinski definition) is 5. The van der Waals surface area contributed by atoms with Crippen LogP contribution in [0.3, 0.4) is 0 Å². The summed E-state index contributed by atoms with van der Waals surface area (Å²) < 4.78 is 10.9. The minimum atomic E-state index is 0.478. The molecular weight excluding hydrogens is 330 g/mol. The average molecular weight is 366 g/mol. The Kier molecular flexibility index (Phi) is 8.91. The fourth-order valence-electron chi connectivity index (χ4n) is 3.26. The van der Waals surface area contributed by atoms with E-state index in [2.05, 4.69) is 52.5 Å². The zero-order chi connectivity index (χ0) is 18.8. The number of aliphatic imine (C=N–C) groups is 1. The molecule has 0 radical (unpaired) electrons. The number of guanidine groups is 1. The van der Waals surface area contributed by atoms with Crippen molar-refractivity contribution in [3.8, 4) is 0 Å². The molecule has 0 amide bonds. The highest BCUT2D eigenvalue weighted by atomic mass is 16.5. The van der Waals surface area contributed by atoms with E-state index in [1.54, 1.807) is 7.05 Å². The molecule has 1 aliphatic rings. The van der Waals surface area contributed by atoms with Crippen molar-refractivity contribution in [2.45, 2.75) is 46.1 Å². The van der Waals surface area contributed by atoms with Crippen molar-refractivity contribution in [2.75, 3.05) is 46.4 Å². The molecule has 1 aliphatic heterocycles. The van der Waals surface area contributed by atoms with Crippen LogP contribution in [-0.2, 0) is 11.3 Å². The zero-order valence-electron chi connectivity index (χ0n) is 16.8. The van der Waals surface area contributed by atoms with Gasteiger partial charge < -0.3 is 19.9 Å². The fourth-order valence-corrected chi connectivity index (χ4v) is 3.26. The maximum absolute atomic E-state index is 5.46. The van der Waals surface area contributed by atoms with Gasteiger partial charge in [0, 0.05) is 45.2 Å². The van der Waals surface area contributed by atoms with Gasteiger partial charge in [0.2, 0.25) is 0 Å². The van der Waals surface area contributed by atoms with Gasteiger partial charge in [-0.25, -0.2) is 0 Å². The van der Waals surface area contributed by atoms with Crippen LogP contribution < -0.4 is 10.6 Å². The van der Waals surface area contributed by atoms with Gasteiger partial charge in [0.25, 0.3) is 0 Å². The van der Waals surface area contributed by atoms with Crippen molar-refractivity contribution in [1.82, 2.24) is 20.7 Å². The van der Waals surface area contributed by atoms with Crippen LogP contribution in [0.5, 0.6) is 0 Å². The lowest BCUT2D eigenvalue weighted by atomic mass is 9.99. The minimum Gasteiger partial charge on any atom is -0.379 e. The second kappa shape index (κ2) is 11.2. The maximum Gasteiger partial charge on any atom is 0.191 e. The lowest BCUT2D eigenvalue weighted by molar-refractivity contribution is 0.0320. The Morgan fingerprint density at radius 2 is 2.00 bits per heavy atom. The summed E-state index contributed by atoms with van der Waals surface area (Å²) in [6, 6.07) is 2.05. The third-order valence-corrected chi connectivity index (χ3v) is 4.93. The maximum atomic E-state index is 5.46. The molecule has 7 nitrogen and oxygen atoms in total. The third-order valence-electron chi connectivity index (χ3n) is 4.93. The average Bonchev–Trinajstić information content (AvgIpc) is 3.12. The van der Waals surface area contributed by atoms with E-state index >= 15 is 0 Å². The molecule has 1 atom stereocenters. The van der Waals surface area contributed by atoms with E-state index in [1.165, 1.54) is 0 Å². The van der Waals surface area contributed by atoms with Crippen LogP contribution in [0.15, 0.2) is 15.6 Å². The molecule has 2 heterocycles. The molecular formula is C19H35N5O2. The van der Waals surface area contributed by atoms with Crippen LogP contribution >= 0.6 is 0 Å². The van der Waals surface area contributed by atoms with Gasteiger partial charge in [-0.15, -0.1) is 0 Å². The number of ether oxygens (including phenoxy) is 1. The number of rotatable bonds is 9. The van der Waals surface area contributed by atoms with E-state index < -0.39 is 0 Å². The van der Waals surface area contributed by atoms with Gasteiger partial charge >= 0.3 is 0 Å². The van der Waals surface area contributed by atoms with Gasteiger partial charge in [-0.3, -0.25) is 9.89 Å². The zero-order valence-corrected chi connectivity index (χ0v) is 16.8. The van der Waals surface area contributed by atoms with Crippen molar-refractivity contribution >= 4 is 5.96 Å². The molecule has 0 aliphatic carbocycles. The fraction of sp³-hybridized carbons (Fsp3) is 0.789. The molecule has 2 N–H and O–H groups in total. The van der Waals surface area contributed by atoms with Crippen LogP contribution in [-0.4, -0.2) is 62.5 Å². The first-order valence-corrected chi connectivity index (χ1v) is 9.86. The van der Waals surface area contributed by atoms with Crippen molar-refractivity contribution in [2.24, 2.45) is 10.9 Å². The predicted octanol–water partition coefficient (Wildman–Crippen LogP) is 2.21. The molecule has 1 fully saturated rings. The molecule has 0 aromatic carbocycles. The van der Waals surface area contributed by atoms with Gasteiger partial charge in [0.05, 0.1) is 25.5 Å². The Hall–Kier alpha value is -1.60. The summed E-state index contributed by atoms with van der Waals surface area (Å²) in [5.41, 5.74) is 1.05. The Morgan fingerprint density at radius 1 is 1.27 bits per heavy atom. The summed E-state index contributed by atoms with van der Waals surface area (Å²) in [6.45, 7) is 12.9. The summed E-state index contributed by atoms with van der Waals surface area (Å²) in [4.78, 5) is 6.75. The molecule has 1 aromatic heterocycles. The third kappa shape index (κ3) is 6.61. The summed E-state index contributed by atoms with van der Waals surface area (Å²) >= 11 is 0. The molecule has 1 aromatic rings. The van der Waals surface area contributed by atoms with Crippen LogP contribution in [0.4, 0.5) is 0 Å². The van der Waals surface area contributed by atoms with Gasteiger partial charge in [-0.05, 0) is 18.8 Å². The standard InChI is InChI=1S/C19H35N5O2/c1-5-16(6-2)18-11-17(26-23-18)13-22-19(20-4)21-12-15(3)14-24-7-9-25-10-8-24/h11,15-16H,5-10,12-14H2,1-4H3,(H2,20,21,22). The number of hydrogen-bond donors (Lipinski definition) is 2. The monoisotopic (exact) mass is 365 g/mol. The SMILES string of the molecule is CCC(CC)c1cc(CNC(=NC)NCC(C)CN2CCOCC2)on1. The topological polar surface area (TPSA) is 74.9 Å². The molecule has 7 heteroatoms. The number of aromatic nitrogens is 1. The van der Waals surface area contributed by atoms with Gasteiger partial charge in [0.15, 0.2) is 11.7 Å². The largest absolute Gasteiger partial charge is 0.379 e. The predicted molar refractivity (Wildman–Crippen MR) is 104 cm³/mol. The lowest BCUT2D eigenvalue weighted by Gasteiger charge is -2.29. The van der Waals surface area contributed by atoms with Crippen LogP contribution in [0, 0.1) is 5.92 Å². The quantitative estimate of drug-likeness (QED) is 0.516. The van der Waals surface area contributed by atoms with Crippen LogP contribution in [0.25, 0.3) is 0 Å². The Balaban J connectivity index is 1.72. The normalized spacial score (nSPS) is 17.5. The molecule has 0 bridgehead atoms. The van der Waals surface area contributed by atoms with Gasteiger partial charge in [-0.1, -0.05) is 25.9 Å². The van der Waals surface area contributed by atoms with E-state index in [1.807, 2.05) is 0 Å². The van der Waals surface area contributed by atoms with Gasteiger partial charge in [-0.2, -0.15) is 0 Å². The summed E-state index contributed by atoms with van der Waals surface area (Å²) in [5.74, 6) is 2.65. The highest BCUT2D eigenvalue weighted by molar-refractivity contribution is 5.79. The van der Waals surface area contributed by atoms with Gasteiger partial charge in [0.1, 0.15) is 0 Å². The molecule has 26 heavy (non-hydrogen) atoms. The second-order valence-electron chi connectivity index (χ2n) is 7.06. The number of morpholine rings is 1. The second-order valence-corrected chi connectivity index (χ2v) is 7.06. The molecule has 0 saturated carbocycles. The van der Waals surface area contributed by atoms with E-state index in [-0.39, 0.29) is 0 Å². The first-order chi connectivity index (χ1) is 12.7. The Bertz CT molecular complexity index is 536. The Labute approximate surface area is 157 Å². The summed E-state index contributed by atoms with van der Waals surface area (Å²) in [5, 5.41) is 10.9. The molecule has 1 saturated heterocycles. The lowest BCUT2D eigenvalue weighted by Crippen LogP contribution is -2.43. The molecule has 0 spiro atoms. The molecule has 2 rings (SSSR count). The first kappa shape index (κ1) is 20.7. The highest BCUT2D eigenvalue weighted by Crippen LogP contribution is 2.22. The minimum absolute atomic E-state index is 0.478. The van der Waals surface area contributed by atoms with Crippen molar-refractivity contribution in [3.05, 3.63) is 17.5 Å². The molecule has 1 unspecified atom stereocenters. The van der Waals surface area contributed by atoms with Crippen LogP contribution in [0.2, 0.25) is 0 Å².